The van der Waals surface area contributed by atoms with Crippen LogP contribution in [-0.2, 0) is 15.1 Å². The molecule has 0 amide bonds. The van der Waals surface area contributed by atoms with Crippen LogP contribution in [0.4, 0.5) is 0 Å². The van der Waals surface area contributed by atoms with Crippen molar-refractivity contribution in [2.45, 2.75) is 18.9 Å². The highest BCUT2D eigenvalue weighted by Crippen LogP contribution is 2.33. The molecule has 1 aliphatic heterocycles. The number of ether oxygens (including phenoxy) is 1. The number of carbonyl (C=O) groups excluding carboxylic acids is 1. The first-order valence-corrected chi connectivity index (χ1v) is 5.61. The van der Waals surface area contributed by atoms with Crippen molar-refractivity contribution in [3.8, 4) is 0 Å². The van der Waals surface area contributed by atoms with Crippen LogP contribution in [0.15, 0.2) is 30.3 Å². The van der Waals surface area contributed by atoms with E-state index in [4.69, 9.17) is 4.74 Å². The Morgan fingerprint density at radius 3 is 2.69 bits per heavy atom. The van der Waals surface area contributed by atoms with E-state index in [0.29, 0.717) is 12.5 Å². The Morgan fingerprint density at radius 1 is 1.38 bits per heavy atom. The van der Waals surface area contributed by atoms with E-state index in [9.17, 15) is 4.79 Å². The van der Waals surface area contributed by atoms with Crippen molar-refractivity contribution < 1.29 is 9.53 Å². The Bertz CT molecular complexity index is 377. The van der Waals surface area contributed by atoms with Gasteiger partial charge >= 0.3 is 5.97 Å². The number of cyclic esters (lactones) is 1. The molecular weight excluding hydrogens is 202 g/mol. The number of esters is 1. The zero-order valence-electron chi connectivity index (χ0n) is 9.69. The predicted octanol–water partition coefficient (Wildman–Crippen LogP) is 1.68. The number of carbonyl (C=O) groups is 1. The monoisotopic (exact) mass is 219 g/mol. The maximum Gasteiger partial charge on any atom is 0.331 e. The van der Waals surface area contributed by atoms with E-state index in [1.54, 1.807) is 0 Å². The van der Waals surface area contributed by atoms with E-state index in [1.807, 2.05) is 37.4 Å². The van der Waals surface area contributed by atoms with Crippen LogP contribution in [0.1, 0.15) is 18.9 Å². The van der Waals surface area contributed by atoms with Crippen LogP contribution < -0.4 is 5.32 Å². The highest BCUT2D eigenvalue weighted by atomic mass is 16.5. The minimum Gasteiger partial charge on any atom is -0.464 e. The summed E-state index contributed by atoms with van der Waals surface area (Å²) in [6.07, 6.45) is 0.784. The maximum absolute atomic E-state index is 12.0. The Kier molecular flexibility index (Phi) is 2.97. The number of nitrogens with one attached hydrogen (secondary N) is 1. The number of hydrogen-bond donors (Lipinski definition) is 1. The molecule has 2 atom stereocenters. The van der Waals surface area contributed by atoms with Gasteiger partial charge in [0.25, 0.3) is 0 Å². The van der Waals surface area contributed by atoms with Crippen molar-refractivity contribution in [2.24, 2.45) is 5.92 Å². The lowest BCUT2D eigenvalue weighted by molar-refractivity contribution is -0.160. The van der Waals surface area contributed by atoms with Crippen LogP contribution in [0.5, 0.6) is 0 Å². The Morgan fingerprint density at radius 2 is 2.06 bits per heavy atom. The number of hydrogen-bond acceptors (Lipinski definition) is 3. The smallest absolute Gasteiger partial charge is 0.331 e. The molecule has 0 aliphatic carbocycles. The molecule has 16 heavy (non-hydrogen) atoms. The van der Waals surface area contributed by atoms with Gasteiger partial charge < -0.3 is 10.1 Å². The largest absolute Gasteiger partial charge is 0.464 e. The van der Waals surface area contributed by atoms with Gasteiger partial charge in [-0.3, -0.25) is 0 Å². The van der Waals surface area contributed by atoms with Gasteiger partial charge in [-0.1, -0.05) is 37.3 Å². The van der Waals surface area contributed by atoms with Crippen molar-refractivity contribution in [2.75, 3.05) is 13.7 Å². The van der Waals surface area contributed by atoms with Crippen molar-refractivity contribution in [3.05, 3.63) is 35.9 Å². The normalized spacial score (nSPS) is 29.9. The quantitative estimate of drug-likeness (QED) is 0.769. The van der Waals surface area contributed by atoms with E-state index in [0.717, 1.165) is 12.0 Å². The fourth-order valence-corrected chi connectivity index (χ4v) is 2.31. The zero-order valence-corrected chi connectivity index (χ0v) is 9.69. The average molecular weight is 219 g/mol. The molecule has 3 nitrogen and oxygen atoms in total. The molecule has 0 aromatic heterocycles. The predicted molar refractivity (Wildman–Crippen MR) is 61.9 cm³/mol. The van der Waals surface area contributed by atoms with Gasteiger partial charge in [-0.25, -0.2) is 4.79 Å². The SMILES string of the molecule is CN[C@@]1(c2ccccc2)C[C@H](C)COC1=O. The Balaban J connectivity index is 2.41. The number of rotatable bonds is 2. The third kappa shape index (κ3) is 1.71. The molecule has 1 heterocycles. The highest BCUT2D eigenvalue weighted by Gasteiger charge is 2.44. The Hall–Kier alpha value is -1.35. The first kappa shape index (κ1) is 11.1. The van der Waals surface area contributed by atoms with Crippen LogP contribution in [0, 0.1) is 5.92 Å². The summed E-state index contributed by atoms with van der Waals surface area (Å²) in [5, 5.41) is 3.14. The van der Waals surface area contributed by atoms with E-state index < -0.39 is 5.54 Å². The molecule has 3 heteroatoms. The van der Waals surface area contributed by atoms with E-state index in [-0.39, 0.29) is 5.97 Å². The van der Waals surface area contributed by atoms with Gasteiger partial charge in [0.05, 0.1) is 6.61 Å². The van der Waals surface area contributed by atoms with Crippen LogP contribution in [0.3, 0.4) is 0 Å². The molecule has 0 bridgehead atoms. The summed E-state index contributed by atoms with van der Waals surface area (Å²) in [6, 6.07) is 9.78. The summed E-state index contributed by atoms with van der Waals surface area (Å²) in [6.45, 7) is 2.62. The van der Waals surface area contributed by atoms with Crippen LogP contribution in [-0.4, -0.2) is 19.6 Å². The highest BCUT2D eigenvalue weighted by molar-refractivity contribution is 5.83. The van der Waals surface area contributed by atoms with Gasteiger partial charge in [-0.2, -0.15) is 0 Å². The fourth-order valence-electron chi connectivity index (χ4n) is 2.31. The second kappa shape index (κ2) is 4.26. The van der Waals surface area contributed by atoms with Gasteiger partial charge in [0, 0.05) is 0 Å². The van der Waals surface area contributed by atoms with Crippen LogP contribution in [0.25, 0.3) is 0 Å². The molecule has 86 valence electrons. The minimum absolute atomic E-state index is 0.167. The molecular formula is C13H17NO2. The van der Waals surface area contributed by atoms with E-state index >= 15 is 0 Å². The summed E-state index contributed by atoms with van der Waals surface area (Å²) in [5.74, 6) is 0.213. The Labute approximate surface area is 95.8 Å². The molecule has 1 fully saturated rings. The number of benzene rings is 1. The first-order chi connectivity index (χ1) is 7.69. The van der Waals surface area contributed by atoms with Gasteiger partial charge in [0.15, 0.2) is 0 Å². The first-order valence-electron chi connectivity index (χ1n) is 5.61. The molecule has 1 saturated heterocycles. The third-order valence-corrected chi connectivity index (χ3v) is 3.20. The van der Waals surface area contributed by atoms with Crippen molar-refractivity contribution in [1.82, 2.24) is 5.32 Å². The lowest BCUT2D eigenvalue weighted by atomic mass is 9.80. The van der Waals surface area contributed by atoms with Gasteiger partial charge in [0.2, 0.25) is 0 Å². The minimum atomic E-state index is -0.668. The maximum atomic E-state index is 12.0. The lowest BCUT2D eigenvalue weighted by Crippen LogP contribution is -2.53. The molecule has 1 N–H and O–H groups in total. The lowest BCUT2D eigenvalue weighted by Gasteiger charge is -2.38. The molecule has 2 rings (SSSR count). The summed E-state index contributed by atoms with van der Waals surface area (Å²) >= 11 is 0. The second-order valence-electron chi connectivity index (χ2n) is 4.43. The fraction of sp³-hybridized carbons (Fsp3) is 0.462. The second-order valence-corrected chi connectivity index (χ2v) is 4.43. The topological polar surface area (TPSA) is 38.3 Å². The van der Waals surface area contributed by atoms with Crippen molar-refractivity contribution in [1.29, 1.82) is 0 Å². The standard InChI is InChI=1S/C13H17NO2/c1-10-8-13(14-2,12(15)16-9-10)11-6-4-3-5-7-11/h3-7,10,14H,8-9H2,1-2H3/t10-,13+/m0/s1. The van der Waals surface area contributed by atoms with E-state index in [2.05, 4.69) is 12.2 Å². The summed E-state index contributed by atoms with van der Waals surface area (Å²) in [4.78, 5) is 12.0. The summed E-state index contributed by atoms with van der Waals surface area (Å²) in [7, 11) is 1.81. The third-order valence-electron chi connectivity index (χ3n) is 3.20. The molecule has 0 radical (unpaired) electrons. The number of likely N-dealkylation sites (N-methyl/N-ethyl adjacent to an activating group) is 1. The molecule has 1 aliphatic rings. The summed E-state index contributed by atoms with van der Waals surface area (Å²) < 4.78 is 5.25. The van der Waals surface area contributed by atoms with Gasteiger partial charge in [-0.15, -0.1) is 0 Å². The van der Waals surface area contributed by atoms with E-state index in [1.165, 1.54) is 0 Å². The van der Waals surface area contributed by atoms with Crippen molar-refractivity contribution >= 4 is 5.97 Å². The molecule has 0 unspecified atom stereocenters. The molecule has 0 saturated carbocycles. The van der Waals surface area contributed by atoms with Gasteiger partial charge in [-0.05, 0) is 24.9 Å². The summed E-state index contributed by atoms with van der Waals surface area (Å²) in [5.41, 5.74) is 0.313. The van der Waals surface area contributed by atoms with Crippen molar-refractivity contribution in [3.63, 3.8) is 0 Å². The van der Waals surface area contributed by atoms with Gasteiger partial charge in [0.1, 0.15) is 5.54 Å². The molecule has 1 aromatic rings. The zero-order chi connectivity index (χ0) is 11.6. The average Bonchev–Trinajstić information content (AvgIpc) is 2.33. The molecule has 1 aromatic carbocycles. The molecule has 0 spiro atoms. The van der Waals surface area contributed by atoms with Crippen LogP contribution >= 0.6 is 0 Å². The van der Waals surface area contributed by atoms with Crippen LogP contribution in [0.2, 0.25) is 0 Å².